The molecule has 0 aliphatic rings. The molecule has 1 aromatic heterocycles. The second-order valence-corrected chi connectivity index (χ2v) is 6.30. The third kappa shape index (κ3) is 5.54. The number of ether oxygens (including phenoxy) is 1. The van der Waals surface area contributed by atoms with E-state index in [1.807, 2.05) is 10.9 Å². The van der Waals surface area contributed by atoms with Crippen molar-refractivity contribution in [3.05, 3.63) is 12.4 Å². The van der Waals surface area contributed by atoms with E-state index in [0.29, 0.717) is 18.6 Å². The first-order chi connectivity index (χ1) is 8.28. The standard InChI is InChI=1S/C14H27N3O/c1-11(2)17-9-13(8-16-17)18-10-12(3)7-15-14(4,5)6/h8-9,11-12,15H,7,10H2,1-6H3. The van der Waals surface area contributed by atoms with Crippen molar-refractivity contribution in [3.8, 4) is 5.75 Å². The van der Waals surface area contributed by atoms with Crippen molar-refractivity contribution in [2.75, 3.05) is 13.2 Å². The van der Waals surface area contributed by atoms with Crippen LogP contribution in [0.5, 0.6) is 5.75 Å². The van der Waals surface area contributed by atoms with Gasteiger partial charge in [-0.3, -0.25) is 4.68 Å². The van der Waals surface area contributed by atoms with Crippen LogP contribution in [0.15, 0.2) is 12.4 Å². The molecular weight excluding hydrogens is 226 g/mol. The van der Waals surface area contributed by atoms with Crippen LogP contribution in [0.3, 0.4) is 0 Å². The van der Waals surface area contributed by atoms with Gasteiger partial charge in [-0.1, -0.05) is 6.92 Å². The molecule has 1 heterocycles. The van der Waals surface area contributed by atoms with Crippen molar-refractivity contribution < 1.29 is 4.74 Å². The van der Waals surface area contributed by atoms with Crippen LogP contribution in [-0.2, 0) is 0 Å². The normalized spacial score (nSPS) is 13.9. The van der Waals surface area contributed by atoms with E-state index in [4.69, 9.17) is 4.74 Å². The number of hydrogen-bond donors (Lipinski definition) is 1. The fourth-order valence-corrected chi connectivity index (χ4v) is 1.46. The predicted octanol–water partition coefficient (Wildman–Crippen LogP) is 2.87. The molecule has 1 rings (SSSR count). The van der Waals surface area contributed by atoms with Gasteiger partial charge in [0.2, 0.25) is 0 Å². The summed E-state index contributed by atoms with van der Waals surface area (Å²) >= 11 is 0. The lowest BCUT2D eigenvalue weighted by molar-refractivity contribution is 0.244. The van der Waals surface area contributed by atoms with Gasteiger partial charge in [-0.15, -0.1) is 0 Å². The first-order valence-electron chi connectivity index (χ1n) is 6.70. The van der Waals surface area contributed by atoms with Crippen LogP contribution in [0, 0.1) is 5.92 Å². The molecule has 1 unspecified atom stereocenters. The average molecular weight is 253 g/mol. The van der Waals surface area contributed by atoms with E-state index in [9.17, 15) is 0 Å². The van der Waals surface area contributed by atoms with Gasteiger partial charge in [-0.05, 0) is 34.6 Å². The zero-order valence-electron chi connectivity index (χ0n) is 12.5. The molecule has 1 aromatic rings. The van der Waals surface area contributed by atoms with Crippen LogP contribution in [0.25, 0.3) is 0 Å². The quantitative estimate of drug-likeness (QED) is 0.847. The lowest BCUT2D eigenvalue weighted by atomic mass is 10.1. The molecule has 0 aliphatic carbocycles. The summed E-state index contributed by atoms with van der Waals surface area (Å²) in [5.74, 6) is 1.33. The minimum absolute atomic E-state index is 0.163. The number of rotatable bonds is 6. The summed E-state index contributed by atoms with van der Waals surface area (Å²) in [7, 11) is 0. The lowest BCUT2D eigenvalue weighted by Gasteiger charge is -2.23. The molecule has 18 heavy (non-hydrogen) atoms. The zero-order valence-corrected chi connectivity index (χ0v) is 12.5. The monoisotopic (exact) mass is 253 g/mol. The van der Waals surface area contributed by atoms with Crippen molar-refractivity contribution in [3.63, 3.8) is 0 Å². The number of nitrogens with zero attached hydrogens (tertiary/aromatic N) is 2. The van der Waals surface area contributed by atoms with Crippen LogP contribution in [0.4, 0.5) is 0 Å². The molecule has 0 saturated carbocycles. The summed E-state index contributed by atoms with van der Waals surface area (Å²) in [5.41, 5.74) is 0.163. The Morgan fingerprint density at radius 2 is 2.00 bits per heavy atom. The van der Waals surface area contributed by atoms with Crippen molar-refractivity contribution in [1.82, 2.24) is 15.1 Å². The third-order valence-corrected chi connectivity index (χ3v) is 2.62. The first kappa shape index (κ1) is 15.0. The highest BCUT2D eigenvalue weighted by molar-refractivity contribution is 5.12. The van der Waals surface area contributed by atoms with Gasteiger partial charge < -0.3 is 10.1 Å². The van der Waals surface area contributed by atoms with E-state index in [1.54, 1.807) is 6.20 Å². The van der Waals surface area contributed by atoms with Crippen molar-refractivity contribution in [1.29, 1.82) is 0 Å². The summed E-state index contributed by atoms with van der Waals surface area (Å²) in [4.78, 5) is 0. The van der Waals surface area contributed by atoms with Gasteiger partial charge in [0.1, 0.15) is 0 Å². The second kappa shape index (κ2) is 6.23. The number of nitrogens with one attached hydrogen (secondary N) is 1. The van der Waals surface area contributed by atoms with Crippen molar-refractivity contribution in [2.45, 2.75) is 53.1 Å². The molecule has 0 radical (unpaired) electrons. The van der Waals surface area contributed by atoms with Gasteiger partial charge >= 0.3 is 0 Å². The Labute approximate surface area is 111 Å². The summed E-state index contributed by atoms with van der Waals surface area (Å²) in [6.45, 7) is 14.6. The van der Waals surface area contributed by atoms with Gasteiger partial charge in [-0.2, -0.15) is 5.10 Å². The average Bonchev–Trinajstić information content (AvgIpc) is 2.71. The molecule has 0 amide bonds. The molecule has 4 nitrogen and oxygen atoms in total. The van der Waals surface area contributed by atoms with Crippen LogP contribution in [0.1, 0.15) is 47.6 Å². The largest absolute Gasteiger partial charge is 0.490 e. The third-order valence-electron chi connectivity index (χ3n) is 2.62. The van der Waals surface area contributed by atoms with E-state index in [1.165, 1.54) is 0 Å². The molecule has 104 valence electrons. The molecular formula is C14H27N3O. The maximum absolute atomic E-state index is 5.74. The molecule has 0 bridgehead atoms. The molecule has 1 atom stereocenters. The number of aromatic nitrogens is 2. The van der Waals surface area contributed by atoms with Crippen LogP contribution >= 0.6 is 0 Å². The molecule has 0 aliphatic heterocycles. The highest BCUT2D eigenvalue weighted by Gasteiger charge is 2.12. The van der Waals surface area contributed by atoms with Gasteiger partial charge in [0.15, 0.2) is 5.75 Å². The maximum atomic E-state index is 5.74. The zero-order chi connectivity index (χ0) is 13.8. The van der Waals surface area contributed by atoms with E-state index in [2.05, 4.69) is 52.0 Å². The SMILES string of the molecule is CC(CNC(C)(C)C)COc1cnn(C(C)C)c1. The first-order valence-corrected chi connectivity index (χ1v) is 6.70. The van der Waals surface area contributed by atoms with E-state index >= 15 is 0 Å². The topological polar surface area (TPSA) is 39.1 Å². The number of hydrogen-bond acceptors (Lipinski definition) is 3. The maximum Gasteiger partial charge on any atom is 0.157 e. The van der Waals surface area contributed by atoms with Crippen LogP contribution in [-0.4, -0.2) is 28.5 Å². The van der Waals surface area contributed by atoms with Gasteiger partial charge in [-0.25, -0.2) is 0 Å². The van der Waals surface area contributed by atoms with Crippen molar-refractivity contribution in [2.24, 2.45) is 5.92 Å². The van der Waals surface area contributed by atoms with Gasteiger partial charge in [0, 0.05) is 24.0 Å². The predicted molar refractivity (Wildman–Crippen MR) is 75.0 cm³/mol. The highest BCUT2D eigenvalue weighted by Crippen LogP contribution is 2.13. The lowest BCUT2D eigenvalue weighted by Crippen LogP contribution is -2.39. The minimum Gasteiger partial charge on any atom is -0.490 e. The molecule has 4 heteroatoms. The minimum atomic E-state index is 0.163. The van der Waals surface area contributed by atoms with E-state index in [0.717, 1.165) is 12.3 Å². The molecule has 1 N–H and O–H groups in total. The van der Waals surface area contributed by atoms with Crippen LogP contribution < -0.4 is 10.1 Å². The molecule has 0 fully saturated rings. The molecule has 0 saturated heterocycles. The van der Waals surface area contributed by atoms with Gasteiger partial charge in [0.05, 0.1) is 19.0 Å². The summed E-state index contributed by atoms with van der Waals surface area (Å²) < 4.78 is 7.65. The summed E-state index contributed by atoms with van der Waals surface area (Å²) in [6.07, 6.45) is 3.73. The Morgan fingerprint density at radius 3 is 2.50 bits per heavy atom. The highest BCUT2D eigenvalue weighted by atomic mass is 16.5. The van der Waals surface area contributed by atoms with Crippen molar-refractivity contribution >= 4 is 0 Å². The smallest absolute Gasteiger partial charge is 0.157 e. The Hall–Kier alpha value is -1.03. The van der Waals surface area contributed by atoms with Gasteiger partial charge in [0.25, 0.3) is 0 Å². The van der Waals surface area contributed by atoms with E-state index in [-0.39, 0.29) is 5.54 Å². The van der Waals surface area contributed by atoms with Crippen LogP contribution in [0.2, 0.25) is 0 Å². The molecule has 0 aromatic carbocycles. The van der Waals surface area contributed by atoms with E-state index < -0.39 is 0 Å². The Balaban J connectivity index is 2.31. The second-order valence-electron chi connectivity index (χ2n) is 6.30. The fraction of sp³-hybridized carbons (Fsp3) is 0.786. The molecule has 0 spiro atoms. The summed E-state index contributed by atoms with van der Waals surface area (Å²) in [5, 5.41) is 7.74. The fourth-order valence-electron chi connectivity index (χ4n) is 1.46. The Bertz CT molecular complexity index is 352. The Kier molecular flexibility index (Phi) is 5.20. The Morgan fingerprint density at radius 1 is 1.33 bits per heavy atom. The summed E-state index contributed by atoms with van der Waals surface area (Å²) in [6, 6.07) is 0.377.